The highest BCUT2D eigenvalue weighted by Gasteiger charge is 2.31. The number of para-hydroxylation sites is 1. The lowest BCUT2D eigenvalue weighted by Gasteiger charge is -2.18. The molecule has 4 rings (SSSR count). The maximum absolute atomic E-state index is 13.2. The van der Waals surface area contributed by atoms with Gasteiger partial charge in [0.1, 0.15) is 5.70 Å². The largest absolute Gasteiger partial charge is 0.861 e. The van der Waals surface area contributed by atoms with Crippen LogP contribution in [0.25, 0.3) is 6.08 Å². The maximum Gasteiger partial charge on any atom is 0.320 e. The van der Waals surface area contributed by atoms with Crippen LogP contribution in [-0.4, -0.2) is 28.0 Å². The Morgan fingerprint density at radius 1 is 1.23 bits per heavy atom. The highest BCUT2D eigenvalue weighted by molar-refractivity contribution is 8.14. The minimum atomic E-state index is -0.416. The van der Waals surface area contributed by atoms with Crippen molar-refractivity contribution >= 4 is 46.4 Å². The lowest BCUT2D eigenvalue weighted by atomic mass is 10.1. The number of hydrogen-bond donors (Lipinski definition) is 0. The number of carbonyl (C=O) groups is 1. The van der Waals surface area contributed by atoms with Crippen LogP contribution >= 0.6 is 11.8 Å². The average molecular weight is 433 g/mol. The minimum Gasteiger partial charge on any atom is -0.861 e. The molecule has 2 heterocycles. The molecule has 3 aromatic rings. The number of aryl methyl sites for hydroxylation is 2. The van der Waals surface area contributed by atoms with Crippen LogP contribution in [0.5, 0.6) is 0 Å². The van der Waals surface area contributed by atoms with Crippen molar-refractivity contribution in [2.75, 3.05) is 10.7 Å². The van der Waals surface area contributed by atoms with Gasteiger partial charge in [0.2, 0.25) is 0 Å². The molecule has 0 unspecified atom stereocenters. The molecule has 0 fully saturated rings. The SMILES string of the molecule is Cc1ccccc1/C=C1/N=C(SC/C([O-])=N/c2c[n+](C)no2)N(c2ccccc2)C1=O. The van der Waals surface area contributed by atoms with E-state index < -0.39 is 5.90 Å². The van der Waals surface area contributed by atoms with E-state index in [1.165, 1.54) is 15.8 Å². The first-order chi connectivity index (χ1) is 15.0. The molecule has 0 spiro atoms. The second-order valence-electron chi connectivity index (χ2n) is 6.76. The van der Waals surface area contributed by atoms with Gasteiger partial charge in [0.25, 0.3) is 12.1 Å². The molecule has 2 aromatic carbocycles. The highest BCUT2D eigenvalue weighted by atomic mass is 32.2. The number of amides is 1. The van der Waals surface area contributed by atoms with Crippen molar-refractivity contribution in [1.82, 2.24) is 5.27 Å². The van der Waals surface area contributed by atoms with Crippen LogP contribution in [-0.2, 0) is 11.8 Å². The van der Waals surface area contributed by atoms with Gasteiger partial charge in [0.15, 0.2) is 17.5 Å². The van der Waals surface area contributed by atoms with Gasteiger partial charge in [-0.1, -0.05) is 58.9 Å². The first kappa shape index (κ1) is 20.5. The number of nitrogens with zero attached hydrogens (tertiary/aromatic N) is 5. The Morgan fingerprint density at radius 3 is 2.68 bits per heavy atom. The van der Waals surface area contributed by atoms with Crippen molar-refractivity contribution in [3.63, 3.8) is 0 Å². The van der Waals surface area contributed by atoms with Crippen LogP contribution in [0.15, 0.2) is 81.0 Å². The first-order valence-corrected chi connectivity index (χ1v) is 10.5. The number of amidine groups is 1. The third kappa shape index (κ3) is 4.72. The molecule has 156 valence electrons. The molecule has 0 saturated carbocycles. The minimum absolute atomic E-state index is 0.00247. The summed E-state index contributed by atoms with van der Waals surface area (Å²) in [5.74, 6) is -0.542. The molecule has 0 N–H and O–H groups in total. The lowest BCUT2D eigenvalue weighted by molar-refractivity contribution is -0.739. The van der Waals surface area contributed by atoms with Crippen molar-refractivity contribution < 1.29 is 19.1 Å². The Morgan fingerprint density at radius 2 is 1.97 bits per heavy atom. The van der Waals surface area contributed by atoms with E-state index in [0.717, 1.165) is 22.9 Å². The normalized spacial score (nSPS) is 15.6. The third-order valence-corrected chi connectivity index (χ3v) is 5.37. The standard InChI is InChI=1S/C22H19N5O3S/c1-15-8-6-7-9-16(15)12-18-21(29)27(17-10-4-3-5-11-17)22(23-18)31-14-19(28)24-20-13-26(2)25-30-20/h3-13H,14H2,1-2H3/b18-12+. The summed E-state index contributed by atoms with van der Waals surface area (Å²) in [4.78, 5) is 23.1. The number of aromatic nitrogens is 2. The molecule has 0 aliphatic carbocycles. The number of aliphatic imine (C=N–C) groups is 2. The molecule has 1 aliphatic heterocycles. The Hall–Kier alpha value is -3.72. The van der Waals surface area contributed by atoms with E-state index in [0.29, 0.717) is 16.6 Å². The summed E-state index contributed by atoms with van der Waals surface area (Å²) in [6, 6.07) is 17.0. The number of rotatable bonds is 5. The van der Waals surface area contributed by atoms with Gasteiger partial charge in [-0.3, -0.25) is 14.2 Å². The van der Waals surface area contributed by atoms with Gasteiger partial charge in [0, 0.05) is 5.75 Å². The second kappa shape index (κ2) is 8.97. The van der Waals surface area contributed by atoms with Crippen LogP contribution in [0.2, 0.25) is 0 Å². The smallest absolute Gasteiger partial charge is 0.320 e. The van der Waals surface area contributed by atoms with Crippen LogP contribution < -0.4 is 14.7 Å². The fourth-order valence-corrected chi connectivity index (χ4v) is 3.74. The summed E-state index contributed by atoms with van der Waals surface area (Å²) < 4.78 is 6.34. The number of anilines is 1. The van der Waals surface area contributed by atoms with Gasteiger partial charge >= 0.3 is 5.88 Å². The highest BCUT2D eigenvalue weighted by Crippen LogP contribution is 2.29. The molecule has 31 heavy (non-hydrogen) atoms. The summed E-state index contributed by atoms with van der Waals surface area (Å²) >= 11 is 1.15. The van der Waals surface area contributed by atoms with E-state index in [4.69, 9.17) is 4.52 Å². The quantitative estimate of drug-likeness (QED) is 0.266. The Labute approximate surface area is 183 Å². The summed E-state index contributed by atoms with van der Waals surface area (Å²) in [5.41, 5.74) is 2.95. The zero-order chi connectivity index (χ0) is 21.8. The summed E-state index contributed by atoms with van der Waals surface area (Å²) in [7, 11) is 1.67. The molecule has 1 aromatic heterocycles. The Kier molecular flexibility index (Phi) is 5.94. The van der Waals surface area contributed by atoms with Crippen LogP contribution in [0.3, 0.4) is 0 Å². The zero-order valence-electron chi connectivity index (χ0n) is 16.9. The van der Waals surface area contributed by atoms with Crippen molar-refractivity contribution in [1.29, 1.82) is 0 Å². The van der Waals surface area contributed by atoms with E-state index in [-0.39, 0.29) is 17.5 Å². The monoisotopic (exact) mass is 433 g/mol. The van der Waals surface area contributed by atoms with Gasteiger partial charge in [-0.2, -0.15) is 0 Å². The zero-order valence-corrected chi connectivity index (χ0v) is 17.7. The van der Waals surface area contributed by atoms with Crippen molar-refractivity contribution in [2.45, 2.75) is 6.92 Å². The Bertz CT molecular complexity index is 1200. The van der Waals surface area contributed by atoms with Gasteiger partial charge in [-0.15, -0.1) is 0 Å². The number of hydrogen-bond acceptors (Lipinski definition) is 7. The Balaban J connectivity index is 1.62. The third-order valence-electron chi connectivity index (χ3n) is 4.44. The maximum atomic E-state index is 13.2. The summed E-state index contributed by atoms with van der Waals surface area (Å²) in [6.07, 6.45) is 3.26. The van der Waals surface area contributed by atoms with E-state index in [1.54, 1.807) is 13.1 Å². The number of thioether (sulfide) groups is 1. The van der Waals surface area contributed by atoms with Crippen molar-refractivity contribution in [3.8, 4) is 0 Å². The van der Waals surface area contributed by atoms with Crippen LogP contribution in [0.1, 0.15) is 11.1 Å². The molecule has 1 amide bonds. The summed E-state index contributed by atoms with van der Waals surface area (Å²) in [6.45, 7) is 1.98. The molecule has 9 heteroatoms. The van der Waals surface area contributed by atoms with Crippen LogP contribution in [0.4, 0.5) is 11.6 Å². The molecular weight excluding hydrogens is 414 g/mol. The molecular formula is C22H19N5O3S. The van der Waals surface area contributed by atoms with E-state index >= 15 is 0 Å². The van der Waals surface area contributed by atoms with Crippen LogP contribution in [0, 0.1) is 6.92 Å². The lowest BCUT2D eigenvalue weighted by Crippen LogP contribution is -2.31. The molecule has 0 atom stereocenters. The van der Waals surface area contributed by atoms with E-state index in [9.17, 15) is 9.90 Å². The molecule has 0 bridgehead atoms. The number of benzene rings is 2. The predicted molar refractivity (Wildman–Crippen MR) is 118 cm³/mol. The van der Waals surface area contributed by atoms with Crippen molar-refractivity contribution in [2.24, 2.45) is 17.0 Å². The van der Waals surface area contributed by atoms with Gasteiger partial charge in [0.05, 0.1) is 5.69 Å². The fourth-order valence-electron chi connectivity index (χ4n) is 2.94. The van der Waals surface area contributed by atoms with E-state index in [1.807, 2.05) is 61.5 Å². The van der Waals surface area contributed by atoms with Gasteiger partial charge in [-0.25, -0.2) is 9.98 Å². The number of carbonyl (C=O) groups excluding carboxylic acids is 1. The van der Waals surface area contributed by atoms with Gasteiger partial charge < -0.3 is 5.11 Å². The molecule has 8 nitrogen and oxygen atoms in total. The predicted octanol–water partition coefficient (Wildman–Crippen LogP) is 2.37. The first-order valence-electron chi connectivity index (χ1n) is 9.47. The fraction of sp³-hybridized carbons (Fsp3) is 0.136. The topological polar surface area (TPSA) is 98.0 Å². The van der Waals surface area contributed by atoms with Crippen molar-refractivity contribution in [3.05, 3.63) is 77.6 Å². The van der Waals surface area contributed by atoms with Gasteiger partial charge in [-0.05, 0) is 42.2 Å². The van der Waals surface area contributed by atoms with E-state index in [2.05, 4.69) is 15.3 Å². The summed E-state index contributed by atoms with van der Waals surface area (Å²) in [5, 5.41) is 16.3. The molecule has 0 radical (unpaired) electrons. The molecule has 1 aliphatic rings. The average Bonchev–Trinajstić information content (AvgIpc) is 3.31. The molecule has 0 saturated heterocycles. The second-order valence-corrected chi connectivity index (χ2v) is 7.71.